The Morgan fingerprint density at radius 2 is 1.72 bits per heavy atom. The van der Waals surface area contributed by atoms with Crippen LogP contribution in [0.3, 0.4) is 0 Å². The SMILES string of the molecule is Cc1ccn(-c2ccc(N3CCN(CC4CCOCC4)CC3)nn2)n1. The quantitative estimate of drug-likeness (QED) is 0.840. The molecule has 4 rings (SSSR count). The van der Waals surface area contributed by atoms with Gasteiger partial charge < -0.3 is 9.64 Å². The molecule has 7 heteroatoms. The van der Waals surface area contributed by atoms with Crippen LogP contribution in [0.2, 0.25) is 0 Å². The van der Waals surface area contributed by atoms with Gasteiger partial charge in [0.15, 0.2) is 11.6 Å². The van der Waals surface area contributed by atoms with Gasteiger partial charge >= 0.3 is 0 Å². The van der Waals surface area contributed by atoms with Crippen molar-refractivity contribution in [3.05, 3.63) is 30.1 Å². The number of hydrogen-bond acceptors (Lipinski definition) is 6. The zero-order chi connectivity index (χ0) is 17.1. The number of aryl methyl sites for hydroxylation is 1. The van der Waals surface area contributed by atoms with E-state index in [9.17, 15) is 0 Å². The normalized spacial score (nSPS) is 20.1. The predicted molar refractivity (Wildman–Crippen MR) is 96.1 cm³/mol. The molecule has 0 spiro atoms. The first-order chi connectivity index (χ1) is 12.3. The van der Waals surface area contributed by atoms with Crippen LogP contribution in [0.5, 0.6) is 0 Å². The van der Waals surface area contributed by atoms with Crippen molar-refractivity contribution in [2.24, 2.45) is 5.92 Å². The Kier molecular flexibility index (Phi) is 4.94. The number of piperazine rings is 1. The maximum atomic E-state index is 5.46. The highest BCUT2D eigenvalue weighted by molar-refractivity contribution is 5.40. The van der Waals surface area contributed by atoms with Crippen molar-refractivity contribution in [3.63, 3.8) is 0 Å². The second kappa shape index (κ2) is 7.49. The summed E-state index contributed by atoms with van der Waals surface area (Å²) in [6, 6.07) is 6.00. The summed E-state index contributed by atoms with van der Waals surface area (Å²) >= 11 is 0. The molecule has 4 heterocycles. The molecule has 0 unspecified atom stereocenters. The van der Waals surface area contributed by atoms with E-state index in [0.29, 0.717) is 0 Å². The van der Waals surface area contributed by atoms with Gasteiger partial charge in [-0.15, -0.1) is 10.2 Å². The molecule has 0 aliphatic carbocycles. The van der Waals surface area contributed by atoms with E-state index in [0.717, 1.165) is 62.6 Å². The van der Waals surface area contributed by atoms with E-state index in [1.165, 1.54) is 19.4 Å². The maximum Gasteiger partial charge on any atom is 0.175 e. The van der Waals surface area contributed by atoms with Crippen molar-refractivity contribution < 1.29 is 4.74 Å². The third kappa shape index (κ3) is 3.99. The summed E-state index contributed by atoms with van der Waals surface area (Å²) in [5.41, 5.74) is 0.978. The molecule has 2 aliphatic rings. The smallest absolute Gasteiger partial charge is 0.175 e. The van der Waals surface area contributed by atoms with Gasteiger partial charge in [-0.1, -0.05) is 0 Å². The van der Waals surface area contributed by atoms with Crippen LogP contribution in [-0.2, 0) is 4.74 Å². The summed E-state index contributed by atoms with van der Waals surface area (Å²) in [4.78, 5) is 4.91. The van der Waals surface area contributed by atoms with Gasteiger partial charge in [-0.2, -0.15) is 5.10 Å². The molecule has 134 valence electrons. The topological polar surface area (TPSA) is 59.3 Å². The molecule has 0 saturated carbocycles. The average Bonchev–Trinajstić information content (AvgIpc) is 3.10. The Bertz CT molecular complexity index is 671. The third-order valence-electron chi connectivity index (χ3n) is 5.15. The standard InChI is InChI=1S/C18H26N6O/c1-15-4-7-24(21-15)18-3-2-17(19-20-18)23-10-8-22(9-11-23)14-16-5-12-25-13-6-16/h2-4,7,16H,5-6,8-14H2,1H3. The maximum absolute atomic E-state index is 5.46. The number of rotatable bonds is 4. The highest BCUT2D eigenvalue weighted by Crippen LogP contribution is 2.19. The molecule has 2 fully saturated rings. The highest BCUT2D eigenvalue weighted by Gasteiger charge is 2.22. The van der Waals surface area contributed by atoms with Crippen molar-refractivity contribution in [2.45, 2.75) is 19.8 Å². The third-order valence-corrected chi connectivity index (χ3v) is 5.15. The number of aromatic nitrogens is 4. The van der Waals surface area contributed by atoms with Gasteiger partial charge in [0.1, 0.15) is 0 Å². The van der Waals surface area contributed by atoms with Crippen LogP contribution in [0, 0.1) is 12.8 Å². The monoisotopic (exact) mass is 342 g/mol. The lowest BCUT2D eigenvalue weighted by Crippen LogP contribution is -2.48. The molecule has 2 aliphatic heterocycles. The van der Waals surface area contributed by atoms with Gasteiger partial charge in [-0.05, 0) is 43.9 Å². The Labute approximate surface area is 148 Å². The molecule has 25 heavy (non-hydrogen) atoms. The van der Waals surface area contributed by atoms with Crippen molar-refractivity contribution in [2.75, 3.05) is 50.8 Å². The van der Waals surface area contributed by atoms with Crippen molar-refractivity contribution in [3.8, 4) is 5.82 Å². The zero-order valence-corrected chi connectivity index (χ0v) is 14.8. The van der Waals surface area contributed by atoms with Gasteiger partial charge in [0.05, 0.1) is 5.69 Å². The predicted octanol–water partition coefficient (Wildman–Crippen LogP) is 1.52. The first-order valence-electron chi connectivity index (χ1n) is 9.19. The molecule has 0 amide bonds. The van der Waals surface area contributed by atoms with Crippen molar-refractivity contribution in [1.82, 2.24) is 24.9 Å². The molecule has 0 atom stereocenters. The molecule has 2 saturated heterocycles. The van der Waals surface area contributed by atoms with E-state index in [4.69, 9.17) is 4.74 Å². The van der Waals surface area contributed by atoms with Crippen LogP contribution in [0.1, 0.15) is 18.5 Å². The van der Waals surface area contributed by atoms with E-state index < -0.39 is 0 Å². The minimum atomic E-state index is 0.759. The molecule has 7 nitrogen and oxygen atoms in total. The van der Waals surface area contributed by atoms with Gasteiger partial charge in [-0.3, -0.25) is 4.90 Å². The van der Waals surface area contributed by atoms with Crippen LogP contribution >= 0.6 is 0 Å². The molecule has 0 radical (unpaired) electrons. The molecule has 0 aromatic carbocycles. The second-order valence-electron chi connectivity index (χ2n) is 6.99. The molecule has 2 aromatic rings. The molecule has 0 N–H and O–H groups in total. The lowest BCUT2D eigenvalue weighted by molar-refractivity contribution is 0.0517. The largest absolute Gasteiger partial charge is 0.381 e. The fraction of sp³-hybridized carbons (Fsp3) is 0.611. The van der Waals surface area contributed by atoms with Gasteiger partial charge in [0.25, 0.3) is 0 Å². The fourth-order valence-electron chi connectivity index (χ4n) is 3.61. The first-order valence-corrected chi connectivity index (χ1v) is 9.19. The Balaban J connectivity index is 1.31. The van der Waals surface area contributed by atoms with Crippen molar-refractivity contribution in [1.29, 1.82) is 0 Å². The van der Waals surface area contributed by atoms with E-state index >= 15 is 0 Å². The summed E-state index contributed by atoms with van der Waals surface area (Å²) in [5, 5.41) is 13.1. The van der Waals surface area contributed by atoms with Gasteiger partial charge in [0.2, 0.25) is 0 Å². The zero-order valence-electron chi connectivity index (χ0n) is 14.8. The van der Waals surface area contributed by atoms with E-state index in [-0.39, 0.29) is 0 Å². The Morgan fingerprint density at radius 1 is 1.00 bits per heavy atom. The van der Waals surface area contributed by atoms with Crippen LogP contribution in [0.15, 0.2) is 24.4 Å². The number of nitrogens with zero attached hydrogens (tertiary/aromatic N) is 6. The Morgan fingerprint density at radius 3 is 2.36 bits per heavy atom. The minimum absolute atomic E-state index is 0.759. The average molecular weight is 342 g/mol. The lowest BCUT2D eigenvalue weighted by Gasteiger charge is -2.37. The first kappa shape index (κ1) is 16.5. The summed E-state index contributed by atoms with van der Waals surface area (Å²) < 4.78 is 7.22. The van der Waals surface area contributed by atoms with Crippen LogP contribution in [0.25, 0.3) is 5.82 Å². The molecular weight excluding hydrogens is 316 g/mol. The van der Waals surface area contributed by atoms with Gasteiger partial charge in [0, 0.05) is 52.1 Å². The van der Waals surface area contributed by atoms with E-state index in [2.05, 4.69) is 25.1 Å². The Hall–Kier alpha value is -1.99. The van der Waals surface area contributed by atoms with E-state index in [1.54, 1.807) is 4.68 Å². The molecule has 0 bridgehead atoms. The van der Waals surface area contributed by atoms with E-state index in [1.807, 2.05) is 31.3 Å². The summed E-state index contributed by atoms with van der Waals surface area (Å²) in [7, 11) is 0. The van der Waals surface area contributed by atoms with Crippen LogP contribution in [0.4, 0.5) is 5.82 Å². The summed E-state index contributed by atoms with van der Waals surface area (Å²) in [6.45, 7) is 9.26. The van der Waals surface area contributed by atoms with Gasteiger partial charge in [-0.25, -0.2) is 4.68 Å². The molecular formula is C18H26N6O. The molecule has 2 aromatic heterocycles. The highest BCUT2D eigenvalue weighted by atomic mass is 16.5. The second-order valence-corrected chi connectivity index (χ2v) is 6.99. The van der Waals surface area contributed by atoms with Crippen molar-refractivity contribution >= 4 is 5.82 Å². The lowest BCUT2D eigenvalue weighted by atomic mass is 9.99. The number of anilines is 1. The fourth-order valence-corrected chi connectivity index (χ4v) is 3.61. The number of ether oxygens (including phenoxy) is 1. The number of hydrogen-bond donors (Lipinski definition) is 0. The van der Waals surface area contributed by atoms with Crippen LogP contribution < -0.4 is 4.90 Å². The summed E-state index contributed by atoms with van der Waals surface area (Å²) in [5.74, 6) is 2.52. The minimum Gasteiger partial charge on any atom is -0.381 e. The van der Waals surface area contributed by atoms with Crippen LogP contribution in [-0.4, -0.2) is 70.8 Å². The summed E-state index contributed by atoms with van der Waals surface area (Å²) in [6.07, 6.45) is 4.33.